The smallest absolute Gasteiger partial charge is 0.273 e. The lowest BCUT2D eigenvalue weighted by Gasteiger charge is -2.11. The number of rotatable bonds is 4. The van der Waals surface area contributed by atoms with E-state index in [9.17, 15) is 9.59 Å². The minimum absolute atomic E-state index is 0.256. The van der Waals surface area contributed by atoms with Gasteiger partial charge in [-0.25, -0.2) is 0 Å². The Bertz CT molecular complexity index is 717. The molecule has 0 spiro atoms. The van der Waals surface area contributed by atoms with Gasteiger partial charge in [0.15, 0.2) is 0 Å². The van der Waals surface area contributed by atoms with Crippen LogP contribution in [0.5, 0.6) is 11.5 Å². The number of ether oxygens (including phenoxy) is 2. The summed E-state index contributed by atoms with van der Waals surface area (Å²) in [6, 6.07) is 11.1. The van der Waals surface area contributed by atoms with Crippen LogP contribution in [0.25, 0.3) is 0 Å². The Morgan fingerprint density at radius 2 is 1.57 bits per heavy atom. The first kappa shape index (κ1) is 16.6. The Labute approximate surface area is 138 Å². The molecule has 0 saturated carbocycles. The quantitative estimate of drug-likeness (QED) is 0.842. The average molecular weight is 335 g/mol. The number of benzene rings is 2. The van der Waals surface area contributed by atoms with Gasteiger partial charge in [0.05, 0.1) is 19.8 Å². The van der Waals surface area contributed by atoms with Crippen LogP contribution in [0, 0.1) is 0 Å². The lowest BCUT2D eigenvalue weighted by molar-refractivity contribution is 0.0845. The molecule has 2 N–H and O–H groups in total. The second-order valence-corrected chi connectivity index (χ2v) is 4.92. The summed E-state index contributed by atoms with van der Waals surface area (Å²) in [5.74, 6) is -0.0144. The molecule has 0 radical (unpaired) electrons. The summed E-state index contributed by atoms with van der Waals surface area (Å²) >= 11 is 5.84. The molecule has 23 heavy (non-hydrogen) atoms. The third-order valence-electron chi connectivity index (χ3n) is 3.05. The molecular formula is C16H15ClN2O4. The molecule has 2 amide bonds. The zero-order chi connectivity index (χ0) is 16.8. The molecule has 0 saturated heterocycles. The molecule has 120 valence electrons. The zero-order valence-corrected chi connectivity index (χ0v) is 13.3. The molecule has 0 aliphatic heterocycles. The van der Waals surface area contributed by atoms with Crippen molar-refractivity contribution >= 4 is 23.4 Å². The minimum atomic E-state index is -0.514. The van der Waals surface area contributed by atoms with E-state index in [1.807, 2.05) is 0 Å². The molecule has 0 atom stereocenters. The fourth-order valence-corrected chi connectivity index (χ4v) is 2.01. The first-order valence-electron chi connectivity index (χ1n) is 6.63. The largest absolute Gasteiger partial charge is 0.497 e. The van der Waals surface area contributed by atoms with E-state index in [1.165, 1.54) is 26.4 Å². The predicted molar refractivity (Wildman–Crippen MR) is 85.9 cm³/mol. The number of carbonyl (C=O) groups excluding carboxylic acids is 2. The van der Waals surface area contributed by atoms with Crippen molar-refractivity contribution in [3.63, 3.8) is 0 Å². The van der Waals surface area contributed by atoms with E-state index in [-0.39, 0.29) is 5.56 Å². The highest BCUT2D eigenvalue weighted by Gasteiger charge is 2.14. The van der Waals surface area contributed by atoms with E-state index in [0.717, 1.165) is 0 Å². The van der Waals surface area contributed by atoms with Gasteiger partial charge < -0.3 is 9.47 Å². The summed E-state index contributed by atoms with van der Waals surface area (Å²) in [6.45, 7) is 0. The Morgan fingerprint density at radius 3 is 2.17 bits per heavy atom. The second kappa shape index (κ2) is 7.51. The van der Waals surface area contributed by atoms with E-state index in [2.05, 4.69) is 10.9 Å². The van der Waals surface area contributed by atoms with Crippen molar-refractivity contribution in [2.24, 2.45) is 0 Å². The normalized spacial score (nSPS) is 9.87. The number of hydrogen-bond donors (Lipinski definition) is 2. The summed E-state index contributed by atoms with van der Waals surface area (Å²) in [4.78, 5) is 24.1. The van der Waals surface area contributed by atoms with Crippen LogP contribution < -0.4 is 20.3 Å². The third kappa shape index (κ3) is 4.14. The highest BCUT2D eigenvalue weighted by atomic mass is 35.5. The van der Waals surface area contributed by atoms with E-state index in [4.69, 9.17) is 21.1 Å². The van der Waals surface area contributed by atoms with E-state index in [0.29, 0.717) is 22.1 Å². The molecule has 0 unspecified atom stereocenters. The molecular weight excluding hydrogens is 320 g/mol. The van der Waals surface area contributed by atoms with Gasteiger partial charge in [0.2, 0.25) is 0 Å². The maximum atomic E-state index is 12.1. The molecule has 2 rings (SSSR count). The van der Waals surface area contributed by atoms with Gasteiger partial charge in [-0.05, 0) is 42.5 Å². The van der Waals surface area contributed by atoms with Gasteiger partial charge in [0.1, 0.15) is 11.5 Å². The van der Waals surface area contributed by atoms with Crippen LogP contribution in [0.4, 0.5) is 0 Å². The molecule has 0 aliphatic carbocycles. The second-order valence-electron chi connectivity index (χ2n) is 4.48. The summed E-state index contributed by atoms with van der Waals surface area (Å²) in [5, 5.41) is 0.445. The Kier molecular flexibility index (Phi) is 5.43. The third-order valence-corrected chi connectivity index (χ3v) is 3.29. The first-order valence-corrected chi connectivity index (χ1v) is 7.01. The molecule has 0 heterocycles. The van der Waals surface area contributed by atoms with Crippen molar-refractivity contribution in [2.45, 2.75) is 0 Å². The fourth-order valence-electron chi connectivity index (χ4n) is 1.85. The van der Waals surface area contributed by atoms with Gasteiger partial charge in [0.25, 0.3) is 11.8 Å². The molecule has 0 bridgehead atoms. The van der Waals surface area contributed by atoms with Crippen molar-refractivity contribution in [3.05, 3.63) is 58.6 Å². The molecule has 2 aromatic carbocycles. The summed E-state index contributed by atoms with van der Waals surface area (Å²) in [5.41, 5.74) is 5.30. The molecule has 7 heteroatoms. The number of hydrogen-bond acceptors (Lipinski definition) is 4. The Balaban J connectivity index is 2.02. The van der Waals surface area contributed by atoms with Crippen LogP contribution in [0.2, 0.25) is 5.02 Å². The number of carbonyl (C=O) groups is 2. The number of methoxy groups -OCH3 is 2. The number of nitrogens with one attached hydrogen (secondary N) is 2. The van der Waals surface area contributed by atoms with Crippen molar-refractivity contribution in [1.29, 1.82) is 0 Å². The van der Waals surface area contributed by atoms with Crippen LogP contribution in [0.3, 0.4) is 0 Å². The molecule has 0 aromatic heterocycles. The van der Waals surface area contributed by atoms with Crippen LogP contribution >= 0.6 is 11.6 Å². The van der Waals surface area contributed by atoms with Gasteiger partial charge in [-0.15, -0.1) is 0 Å². The average Bonchev–Trinajstić information content (AvgIpc) is 2.59. The lowest BCUT2D eigenvalue weighted by Crippen LogP contribution is -2.41. The Hall–Kier alpha value is -2.73. The van der Waals surface area contributed by atoms with E-state index < -0.39 is 11.8 Å². The van der Waals surface area contributed by atoms with Crippen LogP contribution in [0.15, 0.2) is 42.5 Å². The predicted octanol–water partition coefficient (Wildman–Crippen LogP) is 2.43. The standard InChI is InChI=1S/C16H15ClN2O4/c1-22-12-6-3-10(4-7-12)15(20)18-19-16(21)13-8-5-11(17)9-14(13)23-2/h3-9H,1-2H3,(H,18,20)(H,19,21). The highest BCUT2D eigenvalue weighted by Crippen LogP contribution is 2.22. The van der Waals surface area contributed by atoms with Crippen LogP contribution in [-0.2, 0) is 0 Å². The zero-order valence-electron chi connectivity index (χ0n) is 12.6. The topological polar surface area (TPSA) is 76.7 Å². The minimum Gasteiger partial charge on any atom is -0.497 e. The molecule has 0 fully saturated rings. The van der Waals surface area contributed by atoms with Crippen molar-refractivity contribution in [2.75, 3.05) is 14.2 Å². The maximum absolute atomic E-state index is 12.1. The molecule has 6 nitrogen and oxygen atoms in total. The van der Waals surface area contributed by atoms with Gasteiger partial charge in [0, 0.05) is 10.6 Å². The van der Waals surface area contributed by atoms with Crippen LogP contribution in [0.1, 0.15) is 20.7 Å². The van der Waals surface area contributed by atoms with Gasteiger partial charge in [-0.3, -0.25) is 20.4 Å². The number of halogens is 1. The summed E-state index contributed by atoms with van der Waals surface area (Å²) in [6.07, 6.45) is 0. The van der Waals surface area contributed by atoms with Gasteiger partial charge in [-0.1, -0.05) is 11.6 Å². The lowest BCUT2D eigenvalue weighted by atomic mass is 10.2. The maximum Gasteiger partial charge on any atom is 0.273 e. The van der Waals surface area contributed by atoms with E-state index >= 15 is 0 Å². The number of hydrazine groups is 1. The van der Waals surface area contributed by atoms with Crippen molar-refractivity contribution < 1.29 is 19.1 Å². The fraction of sp³-hybridized carbons (Fsp3) is 0.125. The van der Waals surface area contributed by atoms with Crippen molar-refractivity contribution in [3.8, 4) is 11.5 Å². The highest BCUT2D eigenvalue weighted by molar-refractivity contribution is 6.30. The number of amides is 2. The van der Waals surface area contributed by atoms with Gasteiger partial charge in [-0.2, -0.15) is 0 Å². The first-order chi connectivity index (χ1) is 11.0. The molecule has 0 aliphatic rings. The van der Waals surface area contributed by atoms with Crippen LogP contribution in [-0.4, -0.2) is 26.0 Å². The molecule has 2 aromatic rings. The van der Waals surface area contributed by atoms with Crippen molar-refractivity contribution in [1.82, 2.24) is 10.9 Å². The van der Waals surface area contributed by atoms with E-state index in [1.54, 1.807) is 30.3 Å². The summed E-state index contributed by atoms with van der Waals surface area (Å²) in [7, 11) is 2.97. The summed E-state index contributed by atoms with van der Waals surface area (Å²) < 4.78 is 10.1. The van der Waals surface area contributed by atoms with Gasteiger partial charge >= 0.3 is 0 Å². The Morgan fingerprint density at radius 1 is 0.913 bits per heavy atom. The SMILES string of the molecule is COc1ccc(C(=O)NNC(=O)c2ccc(Cl)cc2OC)cc1. The monoisotopic (exact) mass is 334 g/mol.